The lowest BCUT2D eigenvalue weighted by Gasteiger charge is -2.25. The first kappa shape index (κ1) is 21.5. The van der Waals surface area contributed by atoms with Gasteiger partial charge in [0, 0.05) is 25.2 Å². The van der Waals surface area contributed by atoms with Crippen molar-refractivity contribution in [3.05, 3.63) is 71.0 Å². The minimum Gasteiger partial charge on any atom is -0.352 e. The van der Waals surface area contributed by atoms with E-state index in [1.165, 1.54) is 12.1 Å². The lowest BCUT2D eigenvalue weighted by molar-refractivity contribution is 0.0953. The van der Waals surface area contributed by atoms with Crippen LogP contribution >= 0.6 is 0 Å². The minimum absolute atomic E-state index is 0.0351. The van der Waals surface area contributed by atoms with Crippen molar-refractivity contribution in [2.45, 2.75) is 37.9 Å². The molecule has 0 aromatic heterocycles. The van der Waals surface area contributed by atoms with E-state index in [1.807, 2.05) is 0 Å². The van der Waals surface area contributed by atoms with Gasteiger partial charge < -0.3 is 5.32 Å². The SMILES string of the molecule is O=C(NCCCc1ccc(F)cc1)c1ccc(CS(=O)(=O)N2CCCCC2)cc1. The third kappa shape index (κ3) is 6.37. The summed E-state index contributed by atoms with van der Waals surface area (Å²) in [5.74, 6) is -0.476. The number of halogens is 1. The summed E-state index contributed by atoms with van der Waals surface area (Å²) in [7, 11) is -3.31. The van der Waals surface area contributed by atoms with Gasteiger partial charge >= 0.3 is 0 Å². The molecule has 1 aliphatic heterocycles. The number of nitrogens with zero attached hydrogens (tertiary/aromatic N) is 1. The van der Waals surface area contributed by atoms with Gasteiger partial charge in [-0.25, -0.2) is 17.1 Å². The van der Waals surface area contributed by atoms with Crippen molar-refractivity contribution in [3.63, 3.8) is 0 Å². The van der Waals surface area contributed by atoms with Crippen molar-refractivity contribution in [3.8, 4) is 0 Å². The number of sulfonamides is 1. The Morgan fingerprint density at radius 2 is 1.55 bits per heavy atom. The van der Waals surface area contributed by atoms with E-state index >= 15 is 0 Å². The number of rotatable bonds is 8. The number of piperidine rings is 1. The highest BCUT2D eigenvalue weighted by Crippen LogP contribution is 2.17. The van der Waals surface area contributed by atoms with E-state index in [1.54, 1.807) is 40.7 Å². The van der Waals surface area contributed by atoms with Crippen LogP contribution in [-0.2, 0) is 22.2 Å². The first-order valence-corrected chi connectivity index (χ1v) is 11.6. The fraction of sp³-hybridized carbons (Fsp3) is 0.409. The number of carbonyl (C=O) groups is 1. The minimum atomic E-state index is -3.31. The second-order valence-electron chi connectivity index (χ2n) is 7.40. The van der Waals surface area contributed by atoms with Crippen molar-refractivity contribution in [1.82, 2.24) is 9.62 Å². The Morgan fingerprint density at radius 1 is 0.931 bits per heavy atom. The zero-order valence-corrected chi connectivity index (χ0v) is 17.3. The van der Waals surface area contributed by atoms with Crippen LogP contribution in [0, 0.1) is 5.82 Å². The molecule has 2 aromatic carbocycles. The number of benzene rings is 2. The largest absolute Gasteiger partial charge is 0.352 e. The van der Waals surface area contributed by atoms with Gasteiger partial charge in [0.25, 0.3) is 5.91 Å². The van der Waals surface area contributed by atoms with E-state index < -0.39 is 10.0 Å². The summed E-state index contributed by atoms with van der Waals surface area (Å²) >= 11 is 0. The van der Waals surface area contributed by atoms with E-state index in [0.29, 0.717) is 30.8 Å². The lowest BCUT2D eigenvalue weighted by atomic mass is 10.1. The molecular weight excluding hydrogens is 391 g/mol. The number of aryl methyl sites for hydroxylation is 1. The second kappa shape index (κ2) is 9.98. The normalized spacial score (nSPS) is 15.2. The van der Waals surface area contributed by atoms with Gasteiger partial charge in [-0.2, -0.15) is 0 Å². The van der Waals surface area contributed by atoms with Gasteiger partial charge in [0.15, 0.2) is 0 Å². The predicted octanol–water partition coefficient (Wildman–Crippen LogP) is 3.50. The molecule has 29 heavy (non-hydrogen) atoms. The summed E-state index contributed by atoms with van der Waals surface area (Å²) in [5.41, 5.74) is 2.22. The maximum atomic E-state index is 12.9. The lowest BCUT2D eigenvalue weighted by Crippen LogP contribution is -2.36. The van der Waals surface area contributed by atoms with Crippen LogP contribution in [0.1, 0.15) is 47.2 Å². The molecule has 156 valence electrons. The highest BCUT2D eigenvalue weighted by Gasteiger charge is 2.24. The molecule has 5 nitrogen and oxygen atoms in total. The Kier molecular flexibility index (Phi) is 7.39. The van der Waals surface area contributed by atoms with E-state index in [2.05, 4.69) is 5.32 Å². The van der Waals surface area contributed by atoms with E-state index in [4.69, 9.17) is 0 Å². The third-order valence-corrected chi connectivity index (χ3v) is 6.96. The summed E-state index contributed by atoms with van der Waals surface area (Å²) < 4.78 is 39.5. The molecular formula is C22H27FN2O3S. The summed E-state index contributed by atoms with van der Waals surface area (Å²) in [6.07, 6.45) is 4.43. The zero-order chi connectivity index (χ0) is 20.7. The van der Waals surface area contributed by atoms with Crippen molar-refractivity contribution >= 4 is 15.9 Å². The first-order valence-electron chi connectivity index (χ1n) is 10.0. The Hall–Kier alpha value is -2.25. The summed E-state index contributed by atoms with van der Waals surface area (Å²) in [5, 5.41) is 2.86. The fourth-order valence-electron chi connectivity index (χ4n) is 3.44. The summed E-state index contributed by atoms with van der Waals surface area (Å²) in [4.78, 5) is 12.3. The van der Waals surface area contributed by atoms with Crippen molar-refractivity contribution in [2.75, 3.05) is 19.6 Å². The number of amides is 1. The highest BCUT2D eigenvalue weighted by molar-refractivity contribution is 7.88. The number of carbonyl (C=O) groups excluding carboxylic acids is 1. The number of nitrogens with one attached hydrogen (secondary N) is 1. The van der Waals surface area contributed by atoms with Crippen LogP contribution in [0.25, 0.3) is 0 Å². The molecule has 0 radical (unpaired) electrons. The van der Waals surface area contributed by atoms with Gasteiger partial charge in [-0.15, -0.1) is 0 Å². The molecule has 0 saturated carbocycles. The molecule has 0 spiro atoms. The Labute approximate surface area is 172 Å². The predicted molar refractivity (Wildman–Crippen MR) is 112 cm³/mol. The molecule has 0 aliphatic carbocycles. The van der Waals surface area contributed by atoms with Crippen LogP contribution < -0.4 is 5.32 Å². The summed E-state index contributed by atoms with van der Waals surface area (Å²) in [6.45, 7) is 1.71. The van der Waals surface area contributed by atoms with Crippen LogP contribution in [0.5, 0.6) is 0 Å². The van der Waals surface area contributed by atoms with E-state index in [0.717, 1.165) is 37.7 Å². The quantitative estimate of drug-likeness (QED) is 0.667. The second-order valence-corrected chi connectivity index (χ2v) is 9.37. The van der Waals surface area contributed by atoms with E-state index in [-0.39, 0.29) is 17.5 Å². The van der Waals surface area contributed by atoms with Crippen molar-refractivity contribution < 1.29 is 17.6 Å². The van der Waals surface area contributed by atoms with Crippen LogP contribution in [-0.4, -0.2) is 38.3 Å². The van der Waals surface area contributed by atoms with Gasteiger partial charge in [0.2, 0.25) is 10.0 Å². The van der Waals surface area contributed by atoms with Gasteiger partial charge in [0.1, 0.15) is 5.82 Å². The van der Waals surface area contributed by atoms with E-state index in [9.17, 15) is 17.6 Å². The smallest absolute Gasteiger partial charge is 0.251 e. The molecule has 1 fully saturated rings. The molecule has 1 saturated heterocycles. The average Bonchev–Trinajstić information content (AvgIpc) is 2.73. The molecule has 3 rings (SSSR count). The van der Waals surface area contributed by atoms with Gasteiger partial charge in [-0.3, -0.25) is 4.79 Å². The number of hydrogen-bond acceptors (Lipinski definition) is 3. The van der Waals surface area contributed by atoms with Crippen LogP contribution in [0.3, 0.4) is 0 Å². The molecule has 1 amide bonds. The van der Waals surface area contributed by atoms with Gasteiger partial charge in [0.05, 0.1) is 5.75 Å². The standard InChI is InChI=1S/C22H27FN2O3S/c23-21-12-8-18(9-13-21)5-4-14-24-22(26)20-10-6-19(7-11-20)17-29(27,28)25-15-2-1-3-16-25/h6-13H,1-5,14-17H2,(H,24,26). The molecule has 0 unspecified atom stereocenters. The number of hydrogen-bond donors (Lipinski definition) is 1. The Balaban J connectivity index is 1.46. The third-order valence-electron chi connectivity index (χ3n) is 5.11. The maximum absolute atomic E-state index is 12.9. The molecule has 1 aliphatic rings. The van der Waals surface area contributed by atoms with Crippen LogP contribution in [0.15, 0.2) is 48.5 Å². The van der Waals surface area contributed by atoms with Crippen LogP contribution in [0.4, 0.5) is 4.39 Å². The molecule has 1 N–H and O–H groups in total. The fourth-order valence-corrected chi connectivity index (χ4v) is 5.06. The Bertz CT molecular complexity index is 906. The van der Waals surface area contributed by atoms with Gasteiger partial charge in [-0.1, -0.05) is 30.7 Å². The highest BCUT2D eigenvalue weighted by atomic mass is 32.2. The topological polar surface area (TPSA) is 66.5 Å². The molecule has 7 heteroatoms. The molecule has 0 bridgehead atoms. The molecule has 2 aromatic rings. The average molecular weight is 419 g/mol. The summed E-state index contributed by atoms with van der Waals surface area (Å²) in [6, 6.07) is 13.1. The first-order chi connectivity index (χ1) is 13.9. The Morgan fingerprint density at radius 3 is 2.21 bits per heavy atom. The monoisotopic (exact) mass is 418 g/mol. The maximum Gasteiger partial charge on any atom is 0.251 e. The van der Waals surface area contributed by atoms with Crippen molar-refractivity contribution in [2.24, 2.45) is 0 Å². The molecule has 0 atom stereocenters. The van der Waals surface area contributed by atoms with Crippen molar-refractivity contribution in [1.29, 1.82) is 0 Å². The zero-order valence-electron chi connectivity index (χ0n) is 16.4. The van der Waals surface area contributed by atoms with Crippen LogP contribution in [0.2, 0.25) is 0 Å². The van der Waals surface area contributed by atoms with Gasteiger partial charge in [-0.05, 0) is 61.1 Å². The molecule has 1 heterocycles.